The number of hydrogen-bond donors (Lipinski definition) is 1. The number of carbonyl (C=O) groups excluding carboxylic acids is 1. The highest BCUT2D eigenvalue weighted by atomic mass is 32.1. The number of nitrogens with one attached hydrogen (secondary N) is 1. The van der Waals surface area contributed by atoms with Gasteiger partial charge in [0.2, 0.25) is 5.06 Å². The molecule has 1 amide bonds. The van der Waals surface area contributed by atoms with Crippen LogP contribution in [0.15, 0.2) is 11.7 Å². The summed E-state index contributed by atoms with van der Waals surface area (Å²) >= 11 is 1.37. The molecule has 3 aliphatic rings. The molecule has 4 rings (SSSR count). The predicted molar refractivity (Wildman–Crippen MR) is 93.4 cm³/mol. The molecule has 24 heavy (non-hydrogen) atoms. The molecular formula is C17H26N4O2S. The number of rotatable bonds is 3. The number of hydrogen-bond acceptors (Lipinski definition) is 6. The molecule has 3 heterocycles. The Morgan fingerprint density at radius 3 is 2.75 bits per heavy atom. The molecule has 1 atom stereocenters. The van der Waals surface area contributed by atoms with E-state index in [1.807, 2.05) is 4.90 Å². The van der Waals surface area contributed by atoms with Crippen molar-refractivity contribution in [1.82, 2.24) is 20.1 Å². The number of carbonyl (C=O) groups is 1. The Morgan fingerprint density at radius 1 is 1.25 bits per heavy atom. The Hall–Kier alpha value is -1.18. The standard InChI is InChI=1S/C17H26N4O2S/c22-17(23-16-10-19-12-24-16)21-9-8-20(14-2-1-3-14)11-15(21)13-4-6-18-7-5-13/h10,12-15,18H,1-9,11H2. The zero-order valence-electron chi connectivity index (χ0n) is 14.0. The Morgan fingerprint density at radius 2 is 2.08 bits per heavy atom. The molecule has 1 unspecified atom stereocenters. The van der Waals surface area contributed by atoms with Gasteiger partial charge in [-0.2, -0.15) is 0 Å². The van der Waals surface area contributed by atoms with Crippen LogP contribution in [0.5, 0.6) is 5.06 Å². The third-order valence-electron chi connectivity index (χ3n) is 5.80. The average molecular weight is 350 g/mol. The third-order valence-corrected chi connectivity index (χ3v) is 6.45. The van der Waals surface area contributed by atoms with Crippen molar-refractivity contribution < 1.29 is 9.53 Å². The summed E-state index contributed by atoms with van der Waals surface area (Å²) < 4.78 is 5.56. The highest BCUT2D eigenvalue weighted by Crippen LogP contribution is 2.31. The topological polar surface area (TPSA) is 57.7 Å². The molecule has 0 aromatic carbocycles. The molecule has 0 bridgehead atoms. The molecule has 7 heteroatoms. The summed E-state index contributed by atoms with van der Waals surface area (Å²) in [5.74, 6) is 0.572. The molecule has 0 radical (unpaired) electrons. The van der Waals surface area contributed by atoms with E-state index < -0.39 is 0 Å². The molecule has 1 aromatic heterocycles. The normalized spacial score (nSPS) is 27.0. The molecule has 1 aliphatic carbocycles. The van der Waals surface area contributed by atoms with E-state index in [1.54, 1.807) is 11.7 Å². The second kappa shape index (κ2) is 7.37. The van der Waals surface area contributed by atoms with Crippen molar-refractivity contribution in [3.05, 3.63) is 11.7 Å². The lowest BCUT2D eigenvalue weighted by molar-refractivity contribution is 0.00503. The van der Waals surface area contributed by atoms with E-state index in [2.05, 4.69) is 15.2 Å². The summed E-state index contributed by atoms with van der Waals surface area (Å²) in [5, 5.41) is 4.02. The smallest absolute Gasteiger partial charge is 0.397 e. The molecular weight excluding hydrogens is 324 g/mol. The molecule has 3 fully saturated rings. The van der Waals surface area contributed by atoms with Gasteiger partial charge in [-0.3, -0.25) is 4.90 Å². The van der Waals surface area contributed by atoms with Crippen LogP contribution in [0.4, 0.5) is 4.79 Å². The van der Waals surface area contributed by atoms with Gasteiger partial charge in [0.15, 0.2) is 0 Å². The molecule has 1 N–H and O–H groups in total. The zero-order chi connectivity index (χ0) is 16.4. The number of piperazine rings is 1. The van der Waals surface area contributed by atoms with Crippen LogP contribution in [0, 0.1) is 5.92 Å². The van der Waals surface area contributed by atoms with E-state index in [0.717, 1.165) is 51.6 Å². The second-order valence-corrected chi connectivity index (χ2v) is 7.97. The zero-order valence-corrected chi connectivity index (χ0v) is 14.8. The lowest BCUT2D eigenvalue weighted by Gasteiger charge is -2.49. The first kappa shape index (κ1) is 16.3. The number of piperidine rings is 1. The fourth-order valence-electron chi connectivity index (χ4n) is 4.17. The van der Waals surface area contributed by atoms with E-state index >= 15 is 0 Å². The van der Waals surface area contributed by atoms with Crippen molar-refractivity contribution in [3.63, 3.8) is 0 Å². The first-order valence-corrected chi connectivity index (χ1v) is 10.0. The van der Waals surface area contributed by atoms with Gasteiger partial charge in [0, 0.05) is 25.7 Å². The van der Waals surface area contributed by atoms with Gasteiger partial charge in [-0.1, -0.05) is 17.8 Å². The van der Waals surface area contributed by atoms with E-state index in [9.17, 15) is 4.79 Å². The third kappa shape index (κ3) is 3.43. The Labute approximate surface area is 147 Å². The van der Waals surface area contributed by atoms with Crippen LogP contribution in [0.3, 0.4) is 0 Å². The lowest BCUT2D eigenvalue weighted by atomic mass is 9.85. The van der Waals surface area contributed by atoms with Gasteiger partial charge >= 0.3 is 6.09 Å². The summed E-state index contributed by atoms with van der Waals surface area (Å²) in [6.45, 7) is 4.88. The van der Waals surface area contributed by atoms with E-state index in [-0.39, 0.29) is 12.1 Å². The van der Waals surface area contributed by atoms with Crippen molar-refractivity contribution in [3.8, 4) is 5.06 Å². The van der Waals surface area contributed by atoms with Gasteiger partial charge < -0.3 is 15.0 Å². The van der Waals surface area contributed by atoms with Crippen LogP contribution < -0.4 is 10.1 Å². The molecule has 0 spiro atoms. The van der Waals surface area contributed by atoms with Crippen LogP contribution >= 0.6 is 11.3 Å². The minimum absolute atomic E-state index is 0.198. The summed E-state index contributed by atoms with van der Waals surface area (Å²) in [4.78, 5) is 21.3. The van der Waals surface area contributed by atoms with Crippen LogP contribution in [0.2, 0.25) is 0 Å². The van der Waals surface area contributed by atoms with Crippen molar-refractivity contribution >= 4 is 17.4 Å². The van der Waals surface area contributed by atoms with Gasteiger partial charge in [0.05, 0.1) is 17.7 Å². The van der Waals surface area contributed by atoms with Crippen molar-refractivity contribution in [2.75, 3.05) is 32.7 Å². The monoisotopic (exact) mass is 350 g/mol. The maximum atomic E-state index is 12.7. The maximum absolute atomic E-state index is 12.7. The van der Waals surface area contributed by atoms with Crippen molar-refractivity contribution in [2.45, 2.75) is 44.2 Å². The maximum Gasteiger partial charge on any atom is 0.416 e. The minimum Gasteiger partial charge on any atom is -0.397 e. The number of thiazole rings is 1. The van der Waals surface area contributed by atoms with Crippen LogP contribution in [0.25, 0.3) is 0 Å². The Bertz CT molecular complexity index is 543. The van der Waals surface area contributed by atoms with Crippen molar-refractivity contribution in [2.24, 2.45) is 5.92 Å². The highest BCUT2D eigenvalue weighted by Gasteiger charge is 2.40. The van der Waals surface area contributed by atoms with E-state index in [4.69, 9.17) is 4.74 Å². The Balaban J connectivity index is 1.46. The molecule has 1 aromatic rings. The number of ether oxygens (including phenoxy) is 1. The summed E-state index contributed by atoms with van der Waals surface area (Å²) in [5.41, 5.74) is 1.70. The van der Waals surface area contributed by atoms with Crippen molar-refractivity contribution in [1.29, 1.82) is 0 Å². The first-order chi connectivity index (χ1) is 11.8. The van der Waals surface area contributed by atoms with Gasteiger partial charge in [-0.25, -0.2) is 9.78 Å². The molecule has 2 saturated heterocycles. The van der Waals surface area contributed by atoms with Crippen LogP contribution in [-0.2, 0) is 0 Å². The second-order valence-electron chi connectivity index (χ2n) is 7.12. The van der Waals surface area contributed by atoms with Gasteiger partial charge in [-0.05, 0) is 44.7 Å². The summed E-state index contributed by atoms with van der Waals surface area (Å²) in [6.07, 6.45) is 7.72. The number of amides is 1. The number of nitrogens with zero attached hydrogens (tertiary/aromatic N) is 3. The van der Waals surface area contributed by atoms with Gasteiger partial charge in [-0.15, -0.1) is 0 Å². The summed E-state index contributed by atoms with van der Waals surface area (Å²) in [6, 6.07) is 1.02. The van der Waals surface area contributed by atoms with Gasteiger partial charge in [0.25, 0.3) is 0 Å². The average Bonchev–Trinajstić information content (AvgIpc) is 3.07. The Kier molecular flexibility index (Phi) is 5.01. The first-order valence-electron chi connectivity index (χ1n) is 9.13. The fourth-order valence-corrected chi connectivity index (χ4v) is 4.64. The minimum atomic E-state index is -0.198. The molecule has 2 aliphatic heterocycles. The molecule has 1 saturated carbocycles. The predicted octanol–water partition coefficient (Wildman–Crippen LogP) is 2.18. The summed E-state index contributed by atoms with van der Waals surface area (Å²) in [7, 11) is 0. The number of aromatic nitrogens is 1. The van der Waals surface area contributed by atoms with Crippen LogP contribution in [-0.4, -0.2) is 65.7 Å². The SMILES string of the molecule is O=C(Oc1cncs1)N1CCN(C2CCC2)CC1C1CCNCC1. The van der Waals surface area contributed by atoms with Crippen LogP contribution in [0.1, 0.15) is 32.1 Å². The van der Waals surface area contributed by atoms with Gasteiger partial charge in [0.1, 0.15) is 0 Å². The quantitative estimate of drug-likeness (QED) is 0.905. The lowest BCUT2D eigenvalue weighted by Crippen LogP contribution is -2.61. The largest absolute Gasteiger partial charge is 0.416 e. The van der Waals surface area contributed by atoms with E-state index in [0.29, 0.717) is 11.0 Å². The molecule has 132 valence electrons. The van der Waals surface area contributed by atoms with E-state index in [1.165, 1.54) is 30.6 Å². The molecule has 6 nitrogen and oxygen atoms in total. The fraction of sp³-hybridized carbons (Fsp3) is 0.765. The highest BCUT2D eigenvalue weighted by molar-refractivity contribution is 7.11.